The number of hydrogen-bond donors (Lipinski definition) is 1. The number of amides is 1. The predicted molar refractivity (Wildman–Crippen MR) is 93.4 cm³/mol. The highest BCUT2D eigenvalue weighted by Gasteiger charge is 2.17. The highest BCUT2D eigenvalue weighted by molar-refractivity contribution is 6.06. The number of benzene rings is 2. The van der Waals surface area contributed by atoms with Crippen LogP contribution in [0.25, 0.3) is 0 Å². The van der Waals surface area contributed by atoms with Crippen molar-refractivity contribution < 1.29 is 13.9 Å². The molecular weight excluding hydrogens is 307 g/mol. The summed E-state index contributed by atoms with van der Waals surface area (Å²) in [7, 11) is 1.55. The first-order valence-corrected chi connectivity index (χ1v) is 8.17. The number of nitrogens with one attached hydrogen (secondary N) is 1. The molecule has 0 spiro atoms. The lowest BCUT2D eigenvalue weighted by Gasteiger charge is -2.30. The highest BCUT2D eigenvalue weighted by atomic mass is 19.1. The van der Waals surface area contributed by atoms with Gasteiger partial charge in [-0.15, -0.1) is 0 Å². The van der Waals surface area contributed by atoms with Gasteiger partial charge in [0.1, 0.15) is 11.6 Å². The molecule has 0 saturated carbocycles. The van der Waals surface area contributed by atoms with Crippen LogP contribution in [0.3, 0.4) is 0 Å². The maximum atomic E-state index is 13.7. The van der Waals surface area contributed by atoms with Crippen LogP contribution in [0.1, 0.15) is 29.6 Å². The average molecular weight is 328 g/mol. The zero-order chi connectivity index (χ0) is 16.9. The Kier molecular flexibility index (Phi) is 4.99. The van der Waals surface area contributed by atoms with Crippen LogP contribution < -0.4 is 15.0 Å². The van der Waals surface area contributed by atoms with E-state index >= 15 is 0 Å². The number of rotatable bonds is 4. The van der Waals surface area contributed by atoms with E-state index in [1.165, 1.54) is 18.6 Å². The molecule has 0 radical (unpaired) electrons. The van der Waals surface area contributed by atoms with Gasteiger partial charge in [0.15, 0.2) is 0 Å². The summed E-state index contributed by atoms with van der Waals surface area (Å²) in [6.45, 7) is 1.85. The van der Waals surface area contributed by atoms with Gasteiger partial charge >= 0.3 is 0 Å². The number of halogens is 1. The van der Waals surface area contributed by atoms with Crippen molar-refractivity contribution in [2.45, 2.75) is 19.3 Å². The third-order valence-corrected chi connectivity index (χ3v) is 4.24. The number of ether oxygens (including phenoxy) is 1. The maximum Gasteiger partial charge on any atom is 0.255 e. The quantitative estimate of drug-likeness (QED) is 0.919. The molecule has 1 aliphatic rings. The molecule has 5 heteroatoms. The molecule has 1 N–H and O–H groups in total. The smallest absolute Gasteiger partial charge is 0.255 e. The molecule has 4 nitrogen and oxygen atoms in total. The van der Waals surface area contributed by atoms with E-state index in [4.69, 9.17) is 4.74 Å². The number of hydrogen-bond acceptors (Lipinski definition) is 3. The van der Waals surface area contributed by atoms with Crippen LogP contribution >= 0.6 is 0 Å². The topological polar surface area (TPSA) is 41.6 Å². The predicted octanol–water partition coefficient (Wildman–Crippen LogP) is 4.08. The van der Waals surface area contributed by atoms with Gasteiger partial charge in [-0.2, -0.15) is 0 Å². The van der Waals surface area contributed by atoms with Crippen LogP contribution in [-0.4, -0.2) is 26.1 Å². The van der Waals surface area contributed by atoms with Gasteiger partial charge in [0.25, 0.3) is 5.91 Å². The Hall–Kier alpha value is -2.56. The summed E-state index contributed by atoms with van der Waals surface area (Å²) in [5.74, 6) is -0.0346. The van der Waals surface area contributed by atoms with Gasteiger partial charge in [-0.25, -0.2) is 4.39 Å². The summed E-state index contributed by atoms with van der Waals surface area (Å²) in [5.41, 5.74) is 1.85. The second-order valence-electron chi connectivity index (χ2n) is 5.90. The van der Waals surface area contributed by atoms with E-state index in [0.29, 0.717) is 17.0 Å². The van der Waals surface area contributed by atoms with Crippen molar-refractivity contribution in [1.82, 2.24) is 0 Å². The molecule has 0 bridgehead atoms. The minimum absolute atomic E-state index is 0.280. The molecule has 0 atom stereocenters. The Labute approximate surface area is 141 Å². The van der Waals surface area contributed by atoms with Crippen molar-refractivity contribution in [3.8, 4) is 5.75 Å². The van der Waals surface area contributed by atoms with Crippen molar-refractivity contribution in [1.29, 1.82) is 0 Å². The molecular formula is C19H21FN2O2. The lowest BCUT2D eigenvalue weighted by Crippen LogP contribution is -2.30. The van der Waals surface area contributed by atoms with Gasteiger partial charge in [0.2, 0.25) is 0 Å². The fourth-order valence-electron chi connectivity index (χ4n) is 2.98. The molecule has 0 unspecified atom stereocenters. The summed E-state index contributed by atoms with van der Waals surface area (Å²) in [6, 6.07) is 11.4. The van der Waals surface area contributed by atoms with Gasteiger partial charge < -0.3 is 15.0 Å². The first-order chi connectivity index (χ1) is 11.7. The second kappa shape index (κ2) is 7.34. The molecule has 3 rings (SSSR count). The SMILES string of the molecule is COc1cccc(C(=O)Nc2cc(F)ccc2N2CCCCC2)c1. The van der Waals surface area contributed by atoms with Gasteiger partial charge in [-0.3, -0.25) is 4.79 Å². The number of carbonyl (C=O) groups excluding carboxylic acids is 1. The normalized spacial score (nSPS) is 14.3. The van der Waals surface area contributed by atoms with E-state index < -0.39 is 0 Å². The van der Waals surface area contributed by atoms with Crippen LogP contribution in [0.5, 0.6) is 5.75 Å². The standard InChI is InChI=1S/C19H21FN2O2/c1-24-16-7-5-6-14(12-16)19(23)21-17-13-15(20)8-9-18(17)22-10-3-2-4-11-22/h5-9,12-13H,2-4,10-11H2,1H3,(H,21,23). The van der Waals surface area contributed by atoms with Gasteiger partial charge in [-0.05, 0) is 55.7 Å². The molecule has 2 aromatic carbocycles. The van der Waals surface area contributed by atoms with Crippen molar-refractivity contribution in [2.75, 3.05) is 30.4 Å². The minimum Gasteiger partial charge on any atom is -0.497 e. The van der Waals surface area contributed by atoms with E-state index in [0.717, 1.165) is 31.6 Å². The zero-order valence-electron chi connectivity index (χ0n) is 13.7. The van der Waals surface area contributed by atoms with Gasteiger partial charge in [0.05, 0.1) is 18.5 Å². The van der Waals surface area contributed by atoms with Crippen molar-refractivity contribution in [2.24, 2.45) is 0 Å². The molecule has 126 valence electrons. The van der Waals surface area contributed by atoms with Crippen molar-refractivity contribution >= 4 is 17.3 Å². The van der Waals surface area contributed by atoms with E-state index in [-0.39, 0.29) is 11.7 Å². The Morgan fingerprint density at radius 2 is 1.92 bits per heavy atom. The minimum atomic E-state index is -0.364. The second-order valence-corrected chi connectivity index (χ2v) is 5.90. The first kappa shape index (κ1) is 16.3. The summed E-state index contributed by atoms with van der Waals surface area (Å²) < 4.78 is 18.8. The third kappa shape index (κ3) is 3.67. The summed E-state index contributed by atoms with van der Waals surface area (Å²) in [5, 5.41) is 2.84. The molecule has 0 aromatic heterocycles. The molecule has 1 amide bonds. The van der Waals surface area contributed by atoms with Crippen LogP contribution in [0.2, 0.25) is 0 Å². The lowest BCUT2D eigenvalue weighted by molar-refractivity contribution is 0.102. The third-order valence-electron chi connectivity index (χ3n) is 4.24. The molecule has 0 aliphatic carbocycles. The highest BCUT2D eigenvalue weighted by Crippen LogP contribution is 2.30. The number of nitrogens with zero attached hydrogens (tertiary/aromatic N) is 1. The number of carbonyl (C=O) groups is 1. The number of anilines is 2. The Balaban J connectivity index is 1.85. The Bertz CT molecular complexity index is 727. The lowest BCUT2D eigenvalue weighted by atomic mass is 10.1. The monoisotopic (exact) mass is 328 g/mol. The van der Waals surface area contributed by atoms with Gasteiger partial charge in [0, 0.05) is 18.7 Å². The van der Waals surface area contributed by atoms with E-state index in [2.05, 4.69) is 10.2 Å². The average Bonchev–Trinajstić information content (AvgIpc) is 2.62. The fraction of sp³-hybridized carbons (Fsp3) is 0.316. The summed E-state index contributed by atoms with van der Waals surface area (Å²) >= 11 is 0. The van der Waals surface area contributed by atoms with Crippen molar-refractivity contribution in [3.63, 3.8) is 0 Å². The maximum absolute atomic E-state index is 13.7. The Morgan fingerprint density at radius 3 is 2.67 bits per heavy atom. The molecule has 2 aromatic rings. The van der Waals surface area contributed by atoms with E-state index in [9.17, 15) is 9.18 Å². The fourth-order valence-corrected chi connectivity index (χ4v) is 2.98. The number of piperidine rings is 1. The Morgan fingerprint density at radius 1 is 1.12 bits per heavy atom. The van der Waals surface area contributed by atoms with Gasteiger partial charge in [-0.1, -0.05) is 6.07 Å². The largest absolute Gasteiger partial charge is 0.497 e. The molecule has 1 saturated heterocycles. The number of methoxy groups -OCH3 is 1. The van der Waals surface area contributed by atoms with Crippen LogP contribution in [0.15, 0.2) is 42.5 Å². The summed E-state index contributed by atoms with van der Waals surface area (Å²) in [6.07, 6.45) is 3.44. The molecule has 1 heterocycles. The molecule has 1 aliphatic heterocycles. The van der Waals surface area contributed by atoms with Crippen LogP contribution in [0.4, 0.5) is 15.8 Å². The van der Waals surface area contributed by atoms with Crippen LogP contribution in [0, 0.1) is 5.82 Å². The molecule has 24 heavy (non-hydrogen) atoms. The molecule has 1 fully saturated rings. The zero-order valence-corrected chi connectivity index (χ0v) is 13.7. The van der Waals surface area contributed by atoms with Crippen molar-refractivity contribution in [3.05, 3.63) is 53.8 Å². The van der Waals surface area contributed by atoms with E-state index in [1.54, 1.807) is 37.4 Å². The van der Waals surface area contributed by atoms with E-state index in [1.807, 2.05) is 0 Å². The summed E-state index contributed by atoms with van der Waals surface area (Å²) in [4.78, 5) is 14.7. The van der Waals surface area contributed by atoms with Crippen LogP contribution in [-0.2, 0) is 0 Å². The first-order valence-electron chi connectivity index (χ1n) is 8.17.